The maximum absolute atomic E-state index is 11.0. The fourth-order valence-electron chi connectivity index (χ4n) is 2.87. The summed E-state index contributed by atoms with van der Waals surface area (Å²) in [5.74, 6) is 2.08. The summed E-state index contributed by atoms with van der Waals surface area (Å²) in [6.45, 7) is 1.05. The van der Waals surface area contributed by atoms with Gasteiger partial charge in [0.1, 0.15) is 23.0 Å². The third-order valence-electron chi connectivity index (χ3n) is 4.53. The molecule has 0 amide bonds. The van der Waals surface area contributed by atoms with Crippen molar-refractivity contribution >= 4 is 35.5 Å². The van der Waals surface area contributed by atoms with Gasteiger partial charge in [-0.25, -0.2) is 4.79 Å². The Balaban J connectivity index is 0.00000363. The first-order valence-electron chi connectivity index (χ1n) is 10.1. The van der Waals surface area contributed by atoms with E-state index < -0.39 is 12.1 Å². The molecule has 0 aliphatic rings. The average molecular weight is 445 g/mol. The van der Waals surface area contributed by atoms with Crippen molar-refractivity contribution in [1.82, 2.24) is 0 Å². The van der Waals surface area contributed by atoms with Crippen molar-refractivity contribution in [2.75, 3.05) is 20.3 Å². The van der Waals surface area contributed by atoms with Crippen LogP contribution < -0.4 is 14.2 Å². The summed E-state index contributed by atoms with van der Waals surface area (Å²) in [6, 6.07) is 24.5. The van der Waals surface area contributed by atoms with Crippen LogP contribution >= 0.6 is 0 Å². The Hall–Kier alpha value is -2.51. The predicted octanol–water partition coefficient (Wildman–Crippen LogP) is 4.59. The molecule has 163 valence electrons. The number of para-hydroxylation sites is 1. The number of carboxylic acid groups (broad SMARTS) is 1. The maximum Gasteiger partial charge on any atom is 0.333 e. The van der Waals surface area contributed by atoms with E-state index in [9.17, 15) is 4.79 Å². The van der Waals surface area contributed by atoms with Gasteiger partial charge in [-0.1, -0.05) is 30.3 Å². The SMILES string of the molecule is CO[C@@H](Cc1ccc(OCCCOc2ccc(Oc3ccccc3)cc2)cc1)C(=O)O.[Na]. The molecular weight excluding hydrogens is 419 g/mol. The maximum atomic E-state index is 11.0. The third-order valence-corrected chi connectivity index (χ3v) is 4.53. The largest absolute Gasteiger partial charge is 0.493 e. The first-order valence-corrected chi connectivity index (χ1v) is 10.1. The van der Waals surface area contributed by atoms with Crippen LogP contribution in [0.2, 0.25) is 0 Å². The number of rotatable bonds is 12. The van der Waals surface area contributed by atoms with E-state index in [-0.39, 0.29) is 29.6 Å². The first-order chi connectivity index (χ1) is 15.1. The summed E-state index contributed by atoms with van der Waals surface area (Å²) in [5.41, 5.74) is 0.879. The summed E-state index contributed by atoms with van der Waals surface area (Å²) in [7, 11) is 1.39. The molecule has 7 heteroatoms. The zero-order chi connectivity index (χ0) is 21.9. The van der Waals surface area contributed by atoms with Gasteiger partial charge in [-0.3, -0.25) is 0 Å². The minimum Gasteiger partial charge on any atom is -0.493 e. The molecule has 1 atom stereocenters. The van der Waals surface area contributed by atoms with Crippen molar-refractivity contribution in [2.45, 2.75) is 18.9 Å². The van der Waals surface area contributed by atoms with Crippen LogP contribution in [0, 0.1) is 0 Å². The number of hydrogen-bond acceptors (Lipinski definition) is 5. The zero-order valence-electron chi connectivity index (χ0n) is 18.4. The summed E-state index contributed by atoms with van der Waals surface area (Å²) < 4.78 is 22.2. The van der Waals surface area contributed by atoms with Crippen molar-refractivity contribution in [3.05, 3.63) is 84.4 Å². The number of ether oxygens (including phenoxy) is 4. The molecule has 0 aliphatic carbocycles. The molecule has 3 aromatic rings. The van der Waals surface area contributed by atoms with Crippen molar-refractivity contribution in [3.8, 4) is 23.0 Å². The van der Waals surface area contributed by atoms with Gasteiger partial charge in [0.05, 0.1) is 13.2 Å². The van der Waals surface area contributed by atoms with Gasteiger partial charge in [0.25, 0.3) is 0 Å². The number of carbonyl (C=O) groups is 1. The number of carboxylic acids is 1. The molecule has 0 bridgehead atoms. The molecule has 3 rings (SSSR count). The van der Waals surface area contributed by atoms with Crippen LogP contribution in [0.15, 0.2) is 78.9 Å². The Bertz CT molecular complexity index is 929. The molecular formula is C25H26NaO6. The zero-order valence-corrected chi connectivity index (χ0v) is 20.4. The second-order valence-corrected chi connectivity index (χ2v) is 6.85. The van der Waals surface area contributed by atoms with Crippen LogP contribution in [0.4, 0.5) is 0 Å². The molecule has 1 N–H and O–H groups in total. The number of hydrogen-bond donors (Lipinski definition) is 1. The van der Waals surface area contributed by atoms with E-state index in [2.05, 4.69) is 0 Å². The minimum absolute atomic E-state index is 0. The van der Waals surface area contributed by atoms with Gasteiger partial charge in [-0.05, 0) is 54.1 Å². The van der Waals surface area contributed by atoms with Gasteiger partial charge in [-0.2, -0.15) is 0 Å². The Labute approximate surface area is 210 Å². The van der Waals surface area contributed by atoms with Crippen LogP contribution in [-0.4, -0.2) is 67.1 Å². The van der Waals surface area contributed by atoms with Crippen molar-refractivity contribution in [1.29, 1.82) is 0 Å². The standard InChI is InChI=1S/C25H26O6.Na/c1-28-24(25(26)27)18-19-8-10-20(11-9-19)29-16-5-17-30-21-12-14-23(15-13-21)31-22-6-3-2-4-7-22;/h2-4,6-15,24H,5,16-18H2,1H3,(H,26,27);/t24-;/m0./s1. The van der Waals surface area contributed by atoms with E-state index in [4.69, 9.17) is 24.1 Å². The second kappa shape index (κ2) is 13.8. The van der Waals surface area contributed by atoms with Crippen molar-refractivity contribution < 1.29 is 28.8 Å². The van der Waals surface area contributed by atoms with Crippen LogP contribution in [0.1, 0.15) is 12.0 Å². The Morgan fingerprint density at radius 3 is 1.81 bits per heavy atom. The van der Waals surface area contributed by atoms with Gasteiger partial charge in [0.15, 0.2) is 6.10 Å². The van der Waals surface area contributed by atoms with Gasteiger partial charge in [-0.15, -0.1) is 0 Å². The van der Waals surface area contributed by atoms with E-state index in [0.717, 1.165) is 35.0 Å². The Kier molecular flexibility index (Phi) is 11.1. The van der Waals surface area contributed by atoms with Crippen molar-refractivity contribution in [3.63, 3.8) is 0 Å². The molecule has 0 fully saturated rings. The van der Waals surface area contributed by atoms with Gasteiger partial charge >= 0.3 is 5.97 Å². The third kappa shape index (κ3) is 8.55. The molecule has 32 heavy (non-hydrogen) atoms. The van der Waals surface area contributed by atoms with Crippen LogP contribution in [0.25, 0.3) is 0 Å². The number of methoxy groups -OCH3 is 1. The van der Waals surface area contributed by atoms with Gasteiger partial charge < -0.3 is 24.1 Å². The fourth-order valence-corrected chi connectivity index (χ4v) is 2.87. The molecule has 1 radical (unpaired) electrons. The fraction of sp³-hybridized carbons (Fsp3) is 0.240. The summed E-state index contributed by atoms with van der Waals surface area (Å²) >= 11 is 0. The summed E-state index contributed by atoms with van der Waals surface area (Å²) in [4.78, 5) is 11.0. The molecule has 0 spiro atoms. The Morgan fingerprint density at radius 2 is 1.28 bits per heavy atom. The number of benzene rings is 3. The Morgan fingerprint density at radius 1 is 0.781 bits per heavy atom. The van der Waals surface area contributed by atoms with Crippen LogP contribution in [-0.2, 0) is 16.0 Å². The van der Waals surface area contributed by atoms with Crippen LogP contribution in [0.3, 0.4) is 0 Å². The number of aliphatic carboxylic acids is 1. The molecule has 0 unspecified atom stereocenters. The van der Waals surface area contributed by atoms with E-state index >= 15 is 0 Å². The van der Waals surface area contributed by atoms with E-state index in [1.165, 1.54) is 7.11 Å². The molecule has 6 nitrogen and oxygen atoms in total. The average Bonchev–Trinajstić information content (AvgIpc) is 2.80. The van der Waals surface area contributed by atoms with Gasteiger partial charge in [0, 0.05) is 49.5 Å². The van der Waals surface area contributed by atoms with Gasteiger partial charge in [0.2, 0.25) is 0 Å². The summed E-state index contributed by atoms with van der Waals surface area (Å²) in [5, 5.41) is 9.04. The molecule has 0 heterocycles. The smallest absolute Gasteiger partial charge is 0.333 e. The van der Waals surface area contributed by atoms with E-state index in [1.807, 2.05) is 78.9 Å². The first kappa shape index (κ1) is 25.7. The molecule has 3 aromatic carbocycles. The monoisotopic (exact) mass is 445 g/mol. The van der Waals surface area contributed by atoms with E-state index in [1.54, 1.807) is 0 Å². The topological polar surface area (TPSA) is 74.2 Å². The quantitative estimate of drug-likeness (QED) is 0.325. The molecule has 0 aliphatic heterocycles. The van der Waals surface area contributed by atoms with E-state index in [0.29, 0.717) is 19.6 Å². The predicted molar refractivity (Wildman–Crippen MR) is 123 cm³/mol. The molecule has 0 saturated carbocycles. The second-order valence-electron chi connectivity index (χ2n) is 6.85. The van der Waals surface area contributed by atoms with Crippen molar-refractivity contribution in [2.24, 2.45) is 0 Å². The normalized spacial score (nSPS) is 11.2. The summed E-state index contributed by atoms with van der Waals surface area (Å²) in [6.07, 6.45) is 0.201. The molecule has 0 aromatic heterocycles. The molecule has 0 saturated heterocycles. The minimum atomic E-state index is -0.971. The van der Waals surface area contributed by atoms with Crippen LogP contribution in [0.5, 0.6) is 23.0 Å².